The van der Waals surface area contributed by atoms with Crippen molar-refractivity contribution in [2.75, 3.05) is 6.61 Å². The molecule has 0 bridgehead atoms. The molecule has 0 saturated heterocycles. The largest absolute Gasteiger partial charge is 0.478 e. The summed E-state index contributed by atoms with van der Waals surface area (Å²) in [4.78, 5) is 71.6. The van der Waals surface area contributed by atoms with Gasteiger partial charge in [0.05, 0.1) is 18.8 Å². The monoisotopic (exact) mass is 432 g/mol. The molecule has 0 saturated carbocycles. The average molecular weight is 432 g/mol. The molecule has 1 heterocycles. The van der Waals surface area contributed by atoms with E-state index in [-0.39, 0.29) is 4.57 Å². The van der Waals surface area contributed by atoms with Crippen molar-refractivity contribution in [3.05, 3.63) is 32.9 Å². The molecule has 0 aromatic carbocycles. The molecule has 0 fully saturated rings. The zero-order chi connectivity index (χ0) is 23.2. The summed E-state index contributed by atoms with van der Waals surface area (Å²) in [6.45, 7) is 1.66. The summed E-state index contributed by atoms with van der Waals surface area (Å²) in [6.07, 6.45) is -1.81. The van der Waals surface area contributed by atoms with E-state index in [1.165, 1.54) is 6.92 Å². The zero-order valence-corrected chi connectivity index (χ0v) is 15.8. The quantitative estimate of drug-likeness (QED) is 0.200. The number of aromatic nitrogens is 2. The predicted molar refractivity (Wildman–Crippen MR) is 96.4 cm³/mol. The van der Waals surface area contributed by atoms with Crippen molar-refractivity contribution >= 4 is 23.7 Å². The number of H-pyrrole nitrogens is 1. The Hall–Kier alpha value is -3.59. The average Bonchev–Trinajstić information content (AvgIpc) is 2.66. The Balaban J connectivity index is 2.93. The number of nitrogens with two attached hydrogens (primary N) is 1. The van der Waals surface area contributed by atoms with Gasteiger partial charge in [-0.25, -0.2) is 9.59 Å². The van der Waals surface area contributed by atoms with Crippen LogP contribution in [0.1, 0.15) is 20.0 Å². The number of aliphatic carboxylic acids is 1. The number of aromatic amines is 1. The van der Waals surface area contributed by atoms with Gasteiger partial charge in [0.1, 0.15) is 12.1 Å². The Kier molecular flexibility index (Phi) is 8.36. The van der Waals surface area contributed by atoms with E-state index in [0.29, 0.717) is 6.20 Å². The number of carbonyl (C=O) groups excluding carboxylic acids is 3. The third-order valence-corrected chi connectivity index (χ3v) is 3.70. The summed E-state index contributed by atoms with van der Waals surface area (Å²) >= 11 is 0. The number of carboxylic acid groups (broad SMARTS) is 1. The number of carboxylic acids is 1. The highest BCUT2D eigenvalue weighted by Crippen LogP contribution is 2.01. The Bertz CT molecular complexity index is 942. The number of hydrogen-bond donors (Lipinski definition) is 7. The van der Waals surface area contributed by atoms with Crippen molar-refractivity contribution in [1.82, 2.24) is 25.5 Å². The fourth-order valence-corrected chi connectivity index (χ4v) is 2.04. The second-order valence-corrected chi connectivity index (χ2v) is 6.16. The molecule has 0 radical (unpaired) electrons. The molecule has 166 valence electrons. The van der Waals surface area contributed by atoms with E-state index in [9.17, 15) is 43.4 Å². The van der Waals surface area contributed by atoms with Gasteiger partial charge in [0.2, 0.25) is 29.7 Å². The van der Waals surface area contributed by atoms with Gasteiger partial charge in [0.15, 0.2) is 0 Å². The lowest BCUT2D eigenvalue weighted by Gasteiger charge is -2.22. The van der Waals surface area contributed by atoms with Crippen molar-refractivity contribution < 1.29 is 33.8 Å². The first-order valence-electron chi connectivity index (χ1n) is 8.40. The normalized spacial score (nSPS) is 14.7. The summed E-state index contributed by atoms with van der Waals surface area (Å²) in [5, 5.41) is 24.6. The molecule has 8 N–H and O–H groups in total. The first-order valence-corrected chi connectivity index (χ1v) is 8.40. The minimum Gasteiger partial charge on any atom is -0.478 e. The number of aliphatic hydroxyl groups is 1. The van der Waals surface area contributed by atoms with Crippen molar-refractivity contribution in [2.24, 2.45) is 5.73 Å². The maximum absolute atomic E-state index is 13.4. The molecule has 2 unspecified atom stereocenters. The smallest absolute Gasteiger partial charge is 0.347 e. The molecular formula is C15H21FN6O8. The highest BCUT2D eigenvalue weighted by Gasteiger charge is 2.29. The van der Waals surface area contributed by atoms with Crippen molar-refractivity contribution in [1.29, 1.82) is 0 Å². The van der Waals surface area contributed by atoms with Crippen LogP contribution in [0.25, 0.3) is 0 Å². The van der Waals surface area contributed by atoms with Crippen molar-refractivity contribution in [3.63, 3.8) is 0 Å². The van der Waals surface area contributed by atoms with Crippen LogP contribution in [0, 0.1) is 5.82 Å². The zero-order valence-electron chi connectivity index (χ0n) is 15.8. The number of aliphatic hydroxyl groups excluding tert-OH is 1. The van der Waals surface area contributed by atoms with E-state index < -0.39 is 71.7 Å². The van der Waals surface area contributed by atoms with Gasteiger partial charge in [-0.15, -0.1) is 0 Å². The van der Waals surface area contributed by atoms with E-state index >= 15 is 0 Å². The van der Waals surface area contributed by atoms with Gasteiger partial charge in [0.25, 0.3) is 5.56 Å². The van der Waals surface area contributed by atoms with Gasteiger partial charge >= 0.3 is 11.7 Å². The van der Waals surface area contributed by atoms with Crippen LogP contribution in [0.3, 0.4) is 0 Å². The molecule has 14 nitrogen and oxygen atoms in total. The van der Waals surface area contributed by atoms with E-state index in [4.69, 9.17) is 5.73 Å². The van der Waals surface area contributed by atoms with Crippen molar-refractivity contribution in [3.8, 4) is 0 Å². The van der Waals surface area contributed by atoms with Gasteiger partial charge in [-0.2, -0.15) is 4.39 Å². The van der Waals surface area contributed by atoms with Gasteiger partial charge in [-0.05, 0) is 13.8 Å². The third kappa shape index (κ3) is 6.21. The molecule has 1 aromatic heterocycles. The lowest BCUT2D eigenvalue weighted by molar-refractivity contribution is -0.145. The number of halogens is 1. The van der Waals surface area contributed by atoms with Crippen LogP contribution in [0.15, 0.2) is 15.8 Å². The minimum absolute atomic E-state index is 0.227. The number of nitrogens with zero attached hydrogens (tertiary/aromatic N) is 1. The van der Waals surface area contributed by atoms with E-state index in [0.717, 1.165) is 6.92 Å². The Morgan fingerprint density at radius 2 is 1.73 bits per heavy atom. The summed E-state index contributed by atoms with van der Waals surface area (Å²) in [7, 11) is 0. The van der Waals surface area contributed by atoms with Crippen LogP contribution < -0.4 is 32.9 Å². The standard InChI is InChI=1S/C15H21FN6O8/c1-5(17)10(24)19-8(4-23)13(27)18-6(2)11(25)20-9(14(28)29)22-3-7(16)12(26)21-15(22)30/h3,5-6,8-9,23H,4,17H2,1-2H3,(H,18,27)(H,19,24)(H,20,25)(H,28,29)(H,21,26,30)/t5?,6-,8+,9?/m0/s1. The van der Waals surface area contributed by atoms with Gasteiger partial charge in [-0.1, -0.05) is 0 Å². The number of carbonyl (C=O) groups is 4. The van der Waals surface area contributed by atoms with Gasteiger partial charge in [-0.3, -0.25) is 28.7 Å². The molecule has 30 heavy (non-hydrogen) atoms. The van der Waals surface area contributed by atoms with E-state index in [1.54, 1.807) is 4.98 Å². The summed E-state index contributed by atoms with van der Waals surface area (Å²) < 4.78 is 13.6. The van der Waals surface area contributed by atoms with Gasteiger partial charge in [0, 0.05) is 0 Å². The maximum atomic E-state index is 13.4. The molecule has 0 aliphatic carbocycles. The topological polar surface area (TPSA) is 226 Å². The molecule has 4 atom stereocenters. The summed E-state index contributed by atoms with van der Waals surface area (Å²) in [5.74, 6) is -6.07. The minimum atomic E-state index is -2.11. The van der Waals surface area contributed by atoms with Crippen LogP contribution in [0.2, 0.25) is 0 Å². The van der Waals surface area contributed by atoms with Crippen LogP contribution in [0.4, 0.5) is 4.39 Å². The van der Waals surface area contributed by atoms with Crippen molar-refractivity contribution in [2.45, 2.75) is 38.1 Å². The highest BCUT2D eigenvalue weighted by atomic mass is 19.1. The number of nitrogens with one attached hydrogen (secondary N) is 4. The Morgan fingerprint density at radius 3 is 2.23 bits per heavy atom. The molecule has 0 aliphatic heterocycles. The number of rotatable bonds is 9. The predicted octanol–water partition coefficient (Wildman–Crippen LogP) is -4.30. The first-order chi connectivity index (χ1) is 13.9. The molecule has 0 aliphatic rings. The van der Waals surface area contributed by atoms with E-state index in [1.807, 2.05) is 5.32 Å². The molecule has 0 spiro atoms. The van der Waals surface area contributed by atoms with Crippen LogP contribution in [0.5, 0.6) is 0 Å². The second kappa shape index (κ2) is 10.3. The molecule has 3 amide bonds. The second-order valence-electron chi connectivity index (χ2n) is 6.16. The number of hydrogen-bond acceptors (Lipinski definition) is 8. The van der Waals surface area contributed by atoms with Crippen LogP contribution in [-0.2, 0) is 19.2 Å². The Morgan fingerprint density at radius 1 is 1.13 bits per heavy atom. The fourth-order valence-electron chi connectivity index (χ4n) is 2.04. The lowest BCUT2D eigenvalue weighted by atomic mass is 10.2. The van der Waals surface area contributed by atoms with Gasteiger partial charge < -0.3 is 31.9 Å². The molecule has 1 rings (SSSR count). The molecule has 15 heteroatoms. The lowest BCUT2D eigenvalue weighted by Crippen LogP contribution is -2.57. The van der Waals surface area contributed by atoms with Crippen LogP contribution >= 0.6 is 0 Å². The highest BCUT2D eigenvalue weighted by molar-refractivity contribution is 5.93. The molecule has 1 aromatic rings. The maximum Gasteiger partial charge on any atom is 0.347 e. The molecular weight excluding hydrogens is 411 g/mol. The SMILES string of the molecule is CC(N)C(=O)N[C@H](CO)C(=O)N[C@@H](C)C(=O)NC(C(=O)O)n1cc(F)c(=O)[nH]c1=O. The first kappa shape index (κ1) is 24.4. The Labute approximate surface area is 167 Å². The van der Waals surface area contributed by atoms with E-state index in [2.05, 4.69) is 10.6 Å². The summed E-state index contributed by atoms with van der Waals surface area (Å²) in [6, 6.07) is -3.81. The number of amides is 3. The third-order valence-electron chi connectivity index (χ3n) is 3.70. The fraction of sp³-hybridized carbons (Fsp3) is 0.467. The van der Waals surface area contributed by atoms with Crippen LogP contribution in [-0.4, -0.2) is 68.2 Å². The summed E-state index contributed by atoms with van der Waals surface area (Å²) in [5.41, 5.74) is 2.66.